The van der Waals surface area contributed by atoms with Crippen molar-refractivity contribution in [3.05, 3.63) is 64.7 Å². The Morgan fingerprint density at radius 2 is 1.89 bits per heavy atom. The lowest BCUT2D eigenvalue weighted by atomic mass is 9.87. The first kappa shape index (κ1) is 21.0. The zero-order valence-corrected chi connectivity index (χ0v) is 16.9. The number of hydrogen-bond acceptors (Lipinski definition) is 3. The molecule has 4 nitrogen and oxygen atoms in total. The maximum Gasteiger partial charge on any atom is 0.217 e. The van der Waals surface area contributed by atoms with E-state index in [4.69, 9.17) is 15.2 Å². The fourth-order valence-corrected chi connectivity index (χ4v) is 3.15. The molecular formula is C23H31NO3. The van der Waals surface area contributed by atoms with Gasteiger partial charge < -0.3 is 15.2 Å². The summed E-state index contributed by atoms with van der Waals surface area (Å²) < 4.78 is 12.3. The fraction of sp³-hybridized carbons (Fsp3) is 0.435. The highest BCUT2D eigenvalue weighted by molar-refractivity contribution is 5.73. The van der Waals surface area contributed by atoms with Crippen LogP contribution < -0.4 is 10.5 Å². The molecule has 0 fully saturated rings. The normalized spacial score (nSPS) is 13.2. The third kappa shape index (κ3) is 5.83. The minimum atomic E-state index is -0.577. The van der Waals surface area contributed by atoms with Gasteiger partial charge in [0.15, 0.2) is 0 Å². The quantitative estimate of drug-likeness (QED) is 0.655. The van der Waals surface area contributed by atoms with Crippen molar-refractivity contribution in [1.82, 2.24) is 0 Å². The number of carbonyl (C=O) groups excluding carboxylic acids is 1. The molecule has 1 atom stereocenters. The predicted octanol–water partition coefficient (Wildman–Crippen LogP) is 4.79. The average molecular weight is 370 g/mol. The lowest BCUT2D eigenvalue weighted by Crippen LogP contribution is -2.30. The van der Waals surface area contributed by atoms with Gasteiger partial charge >= 0.3 is 0 Å². The van der Waals surface area contributed by atoms with Gasteiger partial charge in [-0.2, -0.15) is 0 Å². The van der Waals surface area contributed by atoms with E-state index in [-0.39, 0.29) is 12.3 Å². The molecule has 27 heavy (non-hydrogen) atoms. The molecule has 2 rings (SSSR count). The molecule has 0 aliphatic carbocycles. The van der Waals surface area contributed by atoms with Crippen LogP contribution in [0.1, 0.15) is 55.4 Å². The lowest BCUT2D eigenvalue weighted by Gasteiger charge is -2.32. The van der Waals surface area contributed by atoms with Crippen LogP contribution in [0.2, 0.25) is 0 Å². The summed E-state index contributed by atoms with van der Waals surface area (Å²) >= 11 is 0. The summed E-state index contributed by atoms with van der Waals surface area (Å²) in [5.74, 6) is 0.573. The summed E-state index contributed by atoms with van der Waals surface area (Å²) in [6, 6.07) is 14.3. The fourth-order valence-electron chi connectivity index (χ4n) is 3.15. The van der Waals surface area contributed by atoms with Crippen LogP contribution >= 0.6 is 0 Å². The average Bonchev–Trinajstić information content (AvgIpc) is 2.65. The van der Waals surface area contributed by atoms with Gasteiger partial charge in [-0.1, -0.05) is 43.3 Å². The van der Waals surface area contributed by atoms with E-state index in [1.54, 1.807) is 0 Å². The third-order valence-corrected chi connectivity index (χ3v) is 4.79. The second-order valence-corrected chi connectivity index (χ2v) is 7.26. The Morgan fingerprint density at radius 3 is 2.59 bits per heavy atom. The van der Waals surface area contributed by atoms with Gasteiger partial charge in [0.05, 0.1) is 5.60 Å². The number of rotatable bonds is 10. The zero-order chi connectivity index (χ0) is 19.9. The molecule has 1 unspecified atom stereocenters. The predicted molar refractivity (Wildman–Crippen MR) is 109 cm³/mol. The van der Waals surface area contributed by atoms with E-state index in [0.717, 1.165) is 28.9 Å². The van der Waals surface area contributed by atoms with E-state index in [0.29, 0.717) is 19.6 Å². The van der Waals surface area contributed by atoms with E-state index in [9.17, 15) is 4.79 Å². The lowest BCUT2D eigenvalue weighted by molar-refractivity contribution is -0.120. The Kier molecular flexibility index (Phi) is 7.43. The molecule has 0 aliphatic heterocycles. The van der Waals surface area contributed by atoms with E-state index in [2.05, 4.69) is 44.2 Å². The monoisotopic (exact) mass is 369 g/mol. The Hall–Kier alpha value is -2.33. The standard InChI is InChI=1S/C23H31NO3/c1-5-14-27-23(4,13-12-22(24)25)20-9-7-6-8-19(20)16-26-21-15-17(2)10-11-18(21)3/h6-11,15H,5,12-14,16H2,1-4H3,(H2,24,25). The summed E-state index contributed by atoms with van der Waals surface area (Å²) in [5, 5.41) is 0. The first-order valence-electron chi connectivity index (χ1n) is 9.56. The summed E-state index contributed by atoms with van der Waals surface area (Å²) in [6.07, 6.45) is 1.74. The number of nitrogens with two attached hydrogens (primary N) is 1. The molecule has 0 aromatic heterocycles. The topological polar surface area (TPSA) is 61.5 Å². The number of primary amides is 1. The molecule has 0 aliphatic rings. The first-order valence-corrected chi connectivity index (χ1v) is 9.56. The molecule has 0 saturated carbocycles. The van der Waals surface area contributed by atoms with Crippen molar-refractivity contribution in [1.29, 1.82) is 0 Å². The van der Waals surface area contributed by atoms with Crippen LogP contribution in [0, 0.1) is 13.8 Å². The summed E-state index contributed by atoms with van der Waals surface area (Å²) in [4.78, 5) is 11.4. The van der Waals surface area contributed by atoms with Crippen molar-refractivity contribution in [2.45, 2.75) is 59.2 Å². The maximum atomic E-state index is 11.4. The molecule has 2 N–H and O–H groups in total. The minimum absolute atomic E-state index is 0.284. The van der Waals surface area contributed by atoms with E-state index in [1.165, 1.54) is 5.56 Å². The van der Waals surface area contributed by atoms with Crippen LogP contribution in [0.3, 0.4) is 0 Å². The van der Waals surface area contributed by atoms with Crippen molar-refractivity contribution in [3.8, 4) is 5.75 Å². The van der Waals surface area contributed by atoms with Crippen LogP contribution in [0.25, 0.3) is 0 Å². The second kappa shape index (κ2) is 9.56. The van der Waals surface area contributed by atoms with Gasteiger partial charge in [0.1, 0.15) is 12.4 Å². The van der Waals surface area contributed by atoms with Crippen LogP contribution in [0.5, 0.6) is 5.75 Å². The van der Waals surface area contributed by atoms with Crippen molar-refractivity contribution < 1.29 is 14.3 Å². The van der Waals surface area contributed by atoms with Crippen LogP contribution in [0.15, 0.2) is 42.5 Å². The van der Waals surface area contributed by atoms with Crippen molar-refractivity contribution in [2.24, 2.45) is 5.73 Å². The number of amides is 1. The molecule has 0 radical (unpaired) electrons. The molecule has 1 amide bonds. The van der Waals surface area contributed by atoms with E-state index in [1.807, 2.05) is 26.0 Å². The van der Waals surface area contributed by atoms with Gasteiger partial charge in [-0.3, -0.25) is 4.79 Å². The van der Waals surface area contributed by atoms with Crippen LogP contribution in [-0.4, -0.2) is 12.5 Å². The number of ether oxygens (including phenoxy) is 2. The summed E-state index contributed by atoms with van der Waals surface area (Å²) in [6.45, 7) is 9.28. The largest absolute Gasteiger partial charge is 0.489 e. The van der Waals surface area contributed by atoms with Crippen molar-refractivity contribution in [2.75, 3.05) is 6.61 Å². The highest BCUT2D eigenvalue weighted by Gasteiger charge is 2.30. The molecule has 0 saturated heterocycles. The van der Waals surface area contributed by atoms with E-state index < -0.39 is 5.60 Å². The van der Waals surface area contributed by atoms with Crippen molar-refractivity contribution >= 4 is 5.91 Å². The zero-order valence-electron chi connectivity index (χ0n) is 16.9. The van der Waals surface area contributed by atoms with Crippen LogP contribution in [-0.2, 0) is 21.7 Å². The van der Waals surface area contributed by atoms with Gasteiger partial charge in [0.2, 0.25) is 5.91 Å². The van der Waals surface area contributed by atoms with Gasteiger partial charge in [-0.05, 0) is 61.9 Å². The third-order valence-electron chi connectivity index (χ3n) is 4.79. The SMILES string of the molecule is CCCOC(C)(CCC(N)=O)c1ccccc1COc1cc(C)ccc1C. The van der Waals surface area contributed by atoms with Crippen LogP contribution in [0.4, 0.5) is 0 Å². The number of carbonyl (C=O) groups is 1. The smallest absolute Gasteiger partial charge is 0.217 e. The number of hydrogen-bond donors (Lipinski definition) is 1. The van der Waals surface area contributed by atoms with Crippen molar-refractivity contribution in [3.63, 3.8) is 0 Å². The van der Waals surface area contributed by atoms with Gasteiger partial charge in [0.25, 0.3) is 0 Å². The molecule has 0 heterocycles. The molecule has 146 valence electrons. The molecule has 2 aromatic rings. The summed E-state index contributed by atoms with van der Waals surface area (Å²) in [7, 11) is 0. The molecular weight excluding hydrogens is 338 g/mol. The van der Waals surface area contributed by atoms with Gasteiger partial charge in [-0.25, -0.2) is 0 Å². The second-order valence-electron chi connectivity index (χ2n) is 7.26. The maximum absolute atomic E-state index is 11.4. The van der Waals surface area contributed by atoms with E-state index >= 15 is 0 Å². The van der Waals surface area contributed by atoms with Gasteiger partial charge in [0, 0.05) is 13.0 Å². The highest BCUT2D eigenvalue weighted by atomic mass is 16.5. The Balaban J connectivity index is 2.27. The molecule has 2 aromatic carbocycles. The Morgan fingerprint density at radius 1 is 1.15 bits per heavy atom. The van der Waals surface area contributed by atoms with Gasteiger partial charge in [-0.15, -0.1) is 0 Å². The molecule has 0 bridgehead atoms. The number of benzene rings is 2. The summed E-state index contributed by atoms with van der Waals surface area (Å²) in [5.41, 5.74) is 9.19. The Bertz CT molecular complexity index is 772. The molecule has 4 heteroatoms. The first-order chi connectivity index (χ1) is 12.9. The highest BCUT2D eigenvalue weighted by Crippen LogP contribution is 2.34. The Labute approximate surface area is 162 Å². The number of aryl methyl sites for hydroxylation is 2. The molecule has 0 spiro atoms. The minimum Gasteiger partial charge on any atom is -0.489 e.